The zero-order chi connectivity index (χ0) is 23.0. The number of hydrogen-bond donors (Lipinski definition) is 2. The lowest BCUT2D eigenvalue weighted by molar-refractivity contribution is 0.285. The van der Waals surface area contributed by atoms with Gasteiger partial charge in [-0.3, -0.25) is 0 Å². The Morgan fingerprint density at radius 1 is 0.839 bits per heavy atom. The van der Waals surface area contributed by atoms with E-state index in [0.29, 0.717) is 0 Å². The molecule has 3 rings (SSSR count). The van der Waals surface area contributed by atoms with Crippen molar-refractivity contribution in [2.45, 2.75) is 48.0 Å². The lowest BCUT2D eigenvalue weighted by Crippen LogP contribution is -1.84. The Kier molecular flexibility index (Phi) is 8.80. The molecule has 0 radical (unpaired) electrons. The Labute approximate surface area is 187 Å². The molecule has 2 heterocycles. The van der Waals surface area contributed by atoms with Gasteiger partial charge >= 0.3 is 0 Å². The summed E-state index contributed by atoms with van der Waals surface area (Å²) in [5.41, 5.74) is 9.04. The topological polar surface area (TPSA) is 50.0 Å². The van der Waals surface area contributed by atoms with E-state index in [1.165, 1.54) is 0 Å². The van der Waals surface area contributed by atoms with E-state index in [2.05, 4.69) is 73.2 Å². The smallest absolute Gasteiger partial charge is 0.0959 e. The van der Waals surface area contributed by atoms with Gasteiger partial charge in [0.25, 0.3) is 0 Å². The molecule has 0 aliphatic heterocycles. The van der Waals surface area contributed by atoms with Crippen LogP contribution in [0.2, 0.25) is 0 Å². The summed E-state index contributed by atoms with van der Waals surface area (Å²) in [6, 6.07) is 12.9. The highest BCUT2D eigenvalue weighted by Gasteiger charge is 2.10. The third-order valence-electron chi connectivity index (χ3n) is 5.20. The lowest BCUT2D eigenvalue weighted by atomic mass is 10.1. The van der Waals surface area contributed by atoms with Gasteiger partial charge in [-0.05, 0) is 73.4 Å². The largest absolute Gasteiger partial charge is 0.501 e. The van der Waals surface area contributed by atoms with Gasteiger partial charge in [0.1, 0.15) is 0 Å². The minimum Gasteiger partial charge on any atom is -0.501 e. The van der Waals surface area contributed by atoms with Crippen molar-refractivity contribution >= 4 is 12.2 Å². The molecule has 2 aromatic heterocycles. The SMILES string of the molecule is CC.CC/C(=C\c1cc(-c2cccc(-c3cc(/C=C(\C)OC)c(C)[nH]3)c2)[nH]c1C)OC. The van der Waals surface area contributed by atoms with E-state index in [1.807, 2.05) is 26.8 Å². The predicted octanol–water partition coefficient (Wildman–Crippen LogP) is 7.72. The number of benzene rings is 1. The lowest BCUT2D eigenvalue weighted by Gasteiger charge is -2.03. The molecule has 0 unspecified atom stereocenters. The van der Waals surface area contributed by atoms with Gasteiger partial charge in [-0.15, -0.1) is 0 Å². The standard InChI is InChI=1S/C25H30N2O2.C2H6/c1-7-23(29-6)13-22-15-25(27-18(22)4)20-10-8-9-19(12-20)24-14-21(17(3)26-24)11-16(2)28-5;1-2/h8-15,26-27H,7H2,1-6H3;1-2H3/b16-11+,23-13+;. The zero-order valence-electron chi connectivity index (χ0n) is 20.1. The Balaban J connectivity index is 0.00000166. The van der Waals surface area contributed by atoms with Gasteiger partial charge < -0.3 is 19.4 Å². The second-order valence-corrected chi connectivity index (χ2v) is 7.23. The van der Waals surface area contributed by atoms with Gasteiger partial charge in [0.05, 0.1) is 25.7 Å². The molecule has 4 nitrogen and oxygen atoms in total. The first-order valence-corrected chi connectivity index (χ1v) is 10.9. The van der Waals surface area contributed by atoms with Crippen LogP contribution in [0.15, 0.2) is 47.9 Å². The van der Waals surface area contributed by atoms with Gasteiger partial charge in [0.15, 0.2) is 0 Å². The van der Waals surface area contributed by atoms with Crippen LogP contribution in [-0.2, 0) is 9.47 Å². The molecule has 1 aromatic carbocycles. The molecule has 166 valence electrons. The zero-order valence-corrected chi connectivity index (χ0v) is 20.1. The number of nitrogens with one attached hydrogen (secondary N) is 2. The number of aromatic amines is 2. The van der Waals surface area contributed by atoms with E-state index in [1.54, 1.807) is 14.2 Å². The maximum absolute atomic E-state index is 5.43. The Bertz CT molecular complexity index is 1050. The highest BCUT2D eigenvalue weighted by Crippen LogP contribution is 2.29. The molecule has 31 heavy (non-hydrogen) atoms. The van der Waals surface area contributed by atoms with E-state index in [4.69, 9.17) is 9.47 Å². The van der Waals surface area contributed by atoms with Gasteiger partial charge in [0.2, 0.25) is 0 Å². The van der Waals surface area contributed by atoms with Crippen molar-refractivity contribution in [2.75, 3.05) is 14.2 Å². The number of H-pyrrole nitrogens is 2. The third-order valence-corrected chi connectivity index (χ3v) is 5.20. The van der Waals surface area contributed by atoms with Crippen LogP contribution in [0.3, 0.4) is 0 Å². The highest BCUT2D eigenvalue weighted by atomic mass is 16.5. The van der Waals surface area contributed by atoms with Crippen LogP contribution in [-0.4, -0.2) is 24.2 Å². The second-order valence-electron chi connectivity index (χ2n) is 7.23. The number of aryl methyl sites for hydroxylation is 2. The average molecular weight is 421 g/mol. The maximum Gasteiger partial charge on any atom is 0.0959 e. The summed E-state index contributed by atoms with van der Waals surface area (Å²) in [6.07, 6.45) is 5.02. The number of rotatable bonds is 7. The summed E-state index contributed by atoms with van der Waals surface area (Å²) >= 11 is 0. The van der Waals surface area contributed by atoms with Crippen LogP contribution < -0.4 is 0 Å². The number of methoxy groups -OCH3 is 2. The summed E-state index contributed by atoms with van der Waals surface area (Å²) in [6.45, 7) is 12.2. The van der Waals surface area contributed by atoms with Crippen LogP contribution in [0.4, 0.5) is 0 Å². The van der Waals surface area contributed by atoms with Crippen molar-refractivity contribution in [1.82, 2.24) is 9.97 Å². The van der Waals surface area contributed by atoms with Crippen LogP contribution in [0.25, 0.3) is 34.7 Å². The summed E-state index contributed by atoms with van der Waals surface area (Å²) in [4.78, 5) is 7.00. The van der Waals surface area contributed by atoms with Crippen LogP contribution in [0, 0.1) is 13.8 Å². The quantitative estimate of drug-likeness (QED) is 0.384. The fourth-order valence-corrected chi connectivity index (χ4v) is 3.37. The summed E-state index contributed by atoms with van der Waals surface area (Å²) in [5.74, 6) is 1.86. The molecule has 3 aromatic rings. The molecule has 0 bridgehead atoms. The second kappa shape index (κ2) is 11.3. The van der Waals surface area contributed by atoms with Crippen molar-refractivity contribution in [3.05, 3.63) is 70.4 Å². The number of hydrogen-bond acceptors (Lipinski definition) is 2. The minimum absolute atomic E-state index is 0.872. The average Bonchev–Trinajstić information content (AvgIpc) is 3.35. The predicted molar refractivity (Wildman–Crippen MR) is 133 cm³/mol. The molecule has 0 atom stereocenters. The molecule has 0 aliphatic carbocycles. The van der Waals surface area contributed by atoms with Gasteiger partial charge in [-0.1, -0.05) is 39.0 Å². The van der Waals surface area contributed by atoms with Crippen molar-refractivity contribution in [2.24, 2.45) is 0 Å². The van der Waals surface area contributed by atoms with Crippen molar-refractivity contribution in [1.29, 1.82) is 0 Å². The summed E-state index contributed by atoms with van der Waals surface area (Å²) in [5, 5.41) is 0. The molecule has 0 fully saturated rings. The van der Waals surface area contributed by atoms with E-state index in [9.17, 15) is 0 Å². The first-order chi connectivity index (χ1) is 14.9. The van der Waals surface area contributed by atoms with Crippen molar-refractivity contribution < 1.29 is 9.47 Å². The number of allylic oxidation sites excluding steroid dienone is 2. The fourth-order valence-electron chi connectivity index (χ4n) is 3.37. The van der Waals surface area contributed by atoms with Crippen LogP contribution >= 0.6 is 0 Å². The molecule has 0 aliphatic rings. The normalized spacial score (nSPS) is 11.7. The first kappa shape index (κ1) is 24.1. The number of ether oxygens (including phenoxy) is 2. The third kappa shape index (κ3) is 5.94. The van der Waals surface area contributed by atoms with E-state index in [0.717, 1.165) is 63.0 Å². The molecular weight excluding hydrogens is 384 g/mol. The molecule has 0 saturated carbocycles. The number of aromatic nitrogens is 2. The summed E-state index contributed by atoms with van der Waals surface area (Å²) < 4.78 is 10.7. The van der Waals surface area contributed by atoms with Crippen LogP contribution in [0.1, 0.15) is 56.6 Å². The summed E-state index contributed by atoms with van der Waals surface area (Å²) in [7, 11) is 3.41. The van der Waals surface area contributed by atoms with Gasteiger partial charge in [-0.2, -0.15) is 0 Å². The van der Waals surface area contributed by atoms with Crippen LogP contribution in [0.5, 0.6) is 0 Å². The Morgan fingerprint density at radius 3 is 1.81 bits per heavy atom. The molecule has 0 saturated heterocycles. The van der Waals surface area contributed by atoms with Crippen molar-refractivity contribution in [3.63, 3.8) is 0 Å². The Morgan fingerprint density at radius 2 is 1.35 bits per heavy atom. The first-order valence-electron chi connectivity index (χ1n) is 10.9. The molecule has 4 heteroatoms. The molecule has 0 amide bonds. The molecular formula is C27H36N2O2. The van der Waals surface area contributed by atoms with Gasteiger partial charge in [-0.25, -0.2) is 0 Å². The van der Waals surface area contributed by atoms with Crippen molar-refractivity contribution in [3.8, 4) is 22.5 Å². The van der Waals surface area contributed by atoms with E-state index >= 15 is 0 Å². The molecule has 0 spiro atoms. The maximum atomic E-state index is 5.43. The minimum atomic E-state index is 0.872. The highest BCUT2D eigenvalue weighted by molar-refractivity contribution is 5.74. The van der Waals surface area contributed by atoms with E-state index in [-0.39, 0.29) is 0 Å². The van der Waals surface area contributed by atoms with Gasteiger partial charge in [0, 0.05) is 29.2 Å². The Hall–Kier alpha value is -3.14. The molecule has 2 N–H and O–H groups in total. The van der Waals surface area contributed by atoms with E-state index < -0.39 is 0 Å². The monoisotopic (exact) mass is 420 g/mol. The fraction of sp³-hybridized carbons (Fsp3) is 0.333.